The Labute approximate surface area is 109 Å². The van der Waals surface area contributed by atoms with Crippen molar-refractivity contribution in [3.05, 3.63) is 0 Å². The van der Waals surface area contributed by atoms with E-state index >= 15 is 0 Å². The number of hydrogen-bond acceptors (Lipinski definition) is 2. The molecule has 0 radical (unpaired) electrons. The zero-order valence-electron chi connectivity index (χ0n) is 11.3. The monoisotopic (exact) mass is 256 g/mol. The molecule has 2 atom stereocenters. The van der Waals surface area contributed by atoms with Crippen molar-refractivity contribution in [1.29, 1.82) is 0 Å². The van der Waals surface area contributed by atoms with Gasteiger partial charge in [0, 0.05) is 19.1 Å². The van der Waals surface area contributed by atoms with Crippen molar-refractivity contribution >= 4 is 12.0 Å². The first-order valence-electron chi connectivity index (χ1n) is 6.82. The van der Waals surface area contributed by atoms with E-state index in [1.165, 1.54) is 0 Å². The molecular formula is C13H24N2O3. The second-order valence-corrected chi connectivity index (χ2v) is 5.04. The summed E-state index contributed by atoms with van der Waals surface area (Å²) in [5, 5.41) is 11.2. The fourth-order valence-corrected chi connectivity index (χ4v) is 2.66. The molecule has 2 unspecified atom stereocenters. The summed E-state index contributed by atoms with van der Waals surface area (Å²) in [6.45, 7) is 5.34. The van der Waals surface area contributed by atoms with Crippen LogP contribution in [0.1, 0.15) is 46.0 Å². The lowest BCUT2D eigenvalue weighted by atomic mass is 9.95. The molecule has 0 aliphatic carbocycles. The number of aliphatic carboxylic acids is 1. The zero-order valence-corrected chi connectivity index (χ0v) is 11.3. The molecule has 1 aliphatic rings. The Morgan fingerprint density at radius 3 is 2.83 bits per heavy atom. The van der Waals surface area contributed by atoms with Gasteiger partial charge in [-0.1, -0.05) is 20.3 Å². The van der Waals surface area contributed by atoms with Gasteiger partial charge in [-0.2, -0.15) is 0 Å². The smallest absolute Gasteiger partial charge is 0.317 e. The summed E-state index contributed by atoms with van der Waals surface area (Å²) in [6, 6.07) is 0.205. The van der Waals surface area contributed by atoms with Gasteiger partial charge >= 0.3 is 12.0 Å². The van der Waals surface area contributed by atoms with Gasteiger partial charge in [0.05, 0.1) is 6.42 Å². The van der Waals surface area contributed by atoms with Gasteiger partial charge in [-0.25, -0.2) is 4.79 Å². The van der Waals surface area contributed by atoms with Crippen LogP contribution in [0.2, 0.25) is 0 Å². The Morgan fingerprint density at radius 1 is 1.50 bits per heavy atom. The highest BCUT2D eigenvalue weighted by molar-refractivity contribution is 5.75. The quantitative estimate of drug-likeness (QED) is 0.764. The summed E-state index contributed by atoms with van der Waals surface area (Å²) >= 11 is 0. The number of carbonyl (C=O) groups is 2. The zero-order chi connectivity index (χ0) is 13.5. The summed E-state index contributed by atoms with van der Waals surface area (Å²) in [5.74, 6) is -0.365. The van der Waals surface area contributed by atoms with E-state index in [-0.39, 0.29) is 19.0 Å². The van der Waals surface area contributed by atoms with E-state index in [2.05, 4.69) is 19.2 Å². The average Bonchev–Trinajstić information content (AvgIpc) is 2.77. The van der Waals surface area contributed by atoms with E-state index in [1.807, 2.05) is 4.90 Å². The number of urea groups is 1. The fraction of sp³-hybridized carbons (Fsp3) is 0.846. The molecule has 1 saturated heterocycles. The Morgan fingerprint density at radius 2 is 2.22 bits per heavy atom. The van der Waals surface area contributed by atoms with Crippen molar-refractivity contribution in [3.8, 4) is 0 Å². The van der Waals surface area contributed by atoms with E-state index in [4.69, 9.17) is 5.11 Å². The second-order valence-electron chi connectivity index (χ2n) is 5.04. The van der Waals surface area contributed by atoms with Crippen molar-refractivity contribution in [2.75, 3.05) is 13.1 Å². The number of carboxylic acids is 1. The number of nitrogens with one attached hydrogen (secondary N) is 1. The van der Waals surface area contributed by atoms with Gasteiger partial charge in [0.2, 0.25) is 0 Å². The largest absolute Gasteiger partial charge is 0.481 e. The van der Waals surface area contributed by atoms with Crippen molar-refractivity contribution in [2.24, 2.45) is 5.92 Å². The van der Waals surface area contributed by atoms with Crippen molar-refractivity contribution in [2.45, 2.75) is 52.0 Å². The van der Waals surface area contributed by atoms with Gasteiger partial charge in [0.25, 0.3) is 0 Å². The predicted octanol–water partition coefficient (Wildman–Crippen LogP) is 2.07. The van der Waals surface area contributed by atoms with Gasteiger partial charge < -0.3 is 15.3 Å². The summed E-state index contributed by atoms with van der Waals surface area (Å²) in [7, 11) is 0. The molecule has 0 aromatic carbocycles. The molecule has 104 valence electrons. The number of carboxylic acid groups (broad SMARTS) is 1. The summed E-state index contributed by atoms with van der Waals surface area (Å²) in [5.41, 5.74) is 0. The number of rotatable bonds is 6. The van der Waals surface area contributed by atoms with Crippen molar-refractivity contribution in [1.82, 2.24) is 10.2 Å². The molecule has 2 amide bonds. The highest BCUT2D eigenvalue weighted by Gasteiger charge is 2.31. The minimum atomic E-state index is -0.882. The number of carbonyl (C=O) groups excluding carboxylic acids is 1. The van der Waals surface area contributed by atoms with Crippen molar-refractivity contribution < 1.29 is 14.7 Å². The maximum atomic E-state index is 12.0. The number of likely N-dealkylation sites (tertiary alicyclic amines) is 1. The number of hydrogen-bond donors (Lipinski definition) is 2. The van der Waals surface area contributed by atoms with Crippen LogP contribution in [0.3, 0.4) is 0 Å². The Kier molecular flexibility index (Phi) is 5.95. The van der Waals surface area contributed by atoms with Gasteiger partial charge in [-0.05, 0) is 25.2 Å². The van der Waals surface area contributed by atoms with Crippen LogP contribution in [-0.4, -0.2) is 41.1 Å². The van der Waals surface area contributed by atoms with Crippen LogP contribution in [0.4, 0.5) is 4.79 Å². The molecule has 0 spiro atoms. The van der Waals surface area contributed by atoms with E-state index in [0.29, 0.717) is 12.0 Å². The van der Waals surface area contributed by atoms with Crippen LogP contribution in [0.15, 0.2) is 0 Å². The first kappa shape index (κ1) is 14.8. The van der Waals surface area contributed by atoms with Crippen LogP contribution in [0, 0.1) is 5.92 Å². The van der Waals surface area contributed by atoms with Crippen LogP contribution in [0.25, 0.3) is 0 Å². The summed E-state index contributed by atoms with van der Waals surface area (Å²) in [4.78, 5) is 24.2. The first-order chi connectivity index (χ1) is 8.56. The SMILES string of the molecule is CCCC(C)C1CCCN1C(=O)NCCC(=O)O. The topological polar surface area (TPSA) is 69.6 Å². The van der Waals surface area contributed by atoms with Crippen LogP contribution < -0.4 is 5.32 Å². The van der Waals surface area contributed by atoms with E-state index in [1.54, 1.807) is 0 Å². The minimum Gasteiger partial charge on any atom is -0.481 e. The third kappa shape index (κ3) is 4.20. The molecule has 0 saturated carbocycles. The third-order valence-corrected chi connectivity index (χ3v) is 3.58. The standard InChI is InChI=1S/C13H24N2O3/c1-3-5-10(2)11-6-4-9-15(11)13(18)14-8-7-12(16)17/h10-11H,3-9H2,1-2H3,(H,14,18)(H,16,17). The first-order valence-corrected chi connectivity index (χ1v) is 6.82. The molecule has 0 aromatic rings. The Balaban J connectivity index is 2.42. The number of nitrogens with zero attached hydrogens (tertiary/aromatic N) is 1. The van der Waals surface area contributed by atoms with Crippen LogP contribution in [0.5, 0.6) is 0 Å². The lowest BCUT2D eigenvalue weighted by Crippen LogP contribution is -2.45. The van der Waals surface area contributed by atoms with E-state index < -0.39 is 5.97 Å². The Hall–Kier alpha value is -1.26. The minimum absolute atomic E-state index is 0.0191. The highest BCUT2D eigenvalue weighted by atomic mass is 16.4. The molecule has 18 heavy (non-hydrogen) atoms. The van der Waals surface area contributed by atoms with E-state index in [9.17, 15) is 9.59 Å². The van der Waals surface area contributed by atoms with Gasteiger partial charge in [-0.3, -0.25) is 4.79 Å². The van der Waals surface area contributed by atoms with Crippen LogP contribution >= 0.6 is 0 Å². The molecule has 0 aromatic heterocycles. The summed E-state index contributed by atoms with van der Waals surface area (Å²) in [6.07, 6.45) is 4.35. The van der Waals surface area contributed by atoms with Gasteiger partial charge in [0.1, 0.15) is 0 Å². The predicted molar refractivity (Wildman–Crippen MR) is 69.5 cm³/mol. The normalized spacial score (nSPS) is 20.8. The second kappa shape index (κ2) is 7.24. The molecular weight excluding hydrogens is 232 g/mol. The number of amides is 2. The van der Waals surface area contributed by atoms with Crippen molar-refractivity contribution in [3.63, 3.8) is 0 Å². The molecule has 1 rings (SSSR count). The lowest BCUT2D eigenvalue weighted by molar-refractivity contribution is -0.136. The fourth-order valence-electron chi connectivity index (χ4n) is 2.66. The molecule has 0 bridgehead atoms. The molecule has 1 fully saturated rings. The highest BCUT2D eigenvalue weighted by Crippen LogP contribution is 2.26. The van der Waals surface area contributed by atoms with Crippen LogP contribution in [-0.2, 0) is 4.79 Å². The lowest BCUT2D eigenvalue weighted by Gasteiger charge is -2.29. The molecule has 1 heterocycles. The molecule has 5 heteroatoms. The average molecular weight is 256 g/mol. The molecule has 2 N–H and O–H groups in total. The molecule has 1 aliphatic heterocycles. The maximum absolute atomic E-state index is 12.0. The maximum Gasteiger partial charge on any atom is 0.317 e. The molecule has 5 nitrogen and oxygen atoms in total. The summed E-state index contributed by atoms with van der Waals surface area (Å²) < 4.78 is 0. The van der Waals surface area contributed by atoms with Gasteiger partial charge in [-0.15, -0.1) is 0 Å². The third-order valence-electron chi connectivity index (χ3n) is 3.58. The van der Waals surface area contributed by atoms with E-state index in [0.717, 1.165) is 32.2 Å². The van der Waals surface area contributed by atoms with Gasteiger partial charge in [0.15, 0.2) is 0 Å². The Bertz CT molecular complexity index is 294.